The smallest absolute Gasteiger partial charge is 0.410 e. The Hall–Kier alpha value is -1.51. The summed E-state index contributed by atoms with van der Waals surface area (Å²) in [6.07, 6.45) is 11.5. The first-order valence-electron chi connectivity index (χ1n) is 15.4. The minimum absolute atomic E-state index is 0.0198. The normalized spacial score (nSPS) is 30.4. The molecule has 2 heterocycles. The van der Waals surface area contributed by atoms with Gasteiger partial charge in [0.2, 0.25) is 0 Å². The molecule has 1 amide bonds. The molecule has 222 valence electrons. The van der Waals surface area contributed by atoms with E-state index in [-0.39, 0.29) is 23.7 Å². The molecule has 2 aliphatic heterocycles. The standard InChI is InChI=1S/C32H50BrN3O3Si/c1-30(2,3)39-29(37)36-19-7-8-26(36)28-34-27(22-35(28)23-38-20-21-40(4,5)6)32-16-13-31(14-17-32,15-18-32)24-9-11-25(33)12-10-24/h9-12,22,26,28,34H,7-8,13-21,23H2,1-6H3/t26-,28?,31?,32?/m0/s1. The van der Waals surface area contributed by atoms with Crippen molar-refractivity contribution in [2.45, 2.75) is 121 Å². The molecule has 8 heteroatoms. The molecule has 3 aliphatic carbocycles. The molecule has 1 N–H and O–H groups in total. The number of amides is 1. The lowest BCUT2D eigenvalue weighted by Crippen LogP contribution is -2.55. The van der Waals surface area contributed by atoms with Crippen molar-refractivity contribution in [2.75, 3.05) is 19.9 Å². The maximum atomic E-state index is 13.2. The first-order valence-corrected chi connectivity index (χ1v) is 19.9. The zero-order valence-electron chi connectivity index (χ0n) is 25.5. The Bertz CT molecular complexity index is 1070. The van der Waals surface area contributed by atoms with Crippen LogP contribution in [0.3, 0.4) is 0 Å². The molecule has 5 aliphatic rings. The fraction of sp³-hybridized carbons (Fsp3) is 0.719. The summed E-state index contributed by atoms with van der Waals surface area (Å²) in [5, 5.41) is 3.99. The summed E-state index contributed by atoms with van der Waals surface area (Å²) in [6.45, 7) is 15.1. The summed E-state index contributed by atoms with van der Waals surface area (Å²) in [7, 11) is -1.16. The monoisotopic (exact) mass is 631 g/mol. The summed E-state index contributed by atoms with van der Waals surface area (Å²) in [5.74, 6) is 0. The van der Waals surface area contributed by atoms with Crippen molar-refractivity contribution in [1.82, 2.24) is 15.1 Å². The molecule has 0 aromatic heterocycles. The van der Waals surface area contributed by atoms with Crippen molar-refractivity contribution in [3.8, 4) is 0 Å². The molecule has 3 saturated carbocycles. The summed E-state index contributed by atoms with van der Waals surface area (Å²) in [4.78, 5) is 17.5. The average molecular weight is 633 g/mol. The predicted octanol–water partition coefficient (Wildman–Crippen LogP) is 7.83. The number of likely N-dealkylation sites (tertiary alicyclic amines) is 1. The molecule has 4 fully saturated rings. The zero-order valence-corrected chi connectivity index (χ0v) is 28.1. The predicted molar refractivity (Wildman–Crippen MR) is 168 cm³/mol. The fourth-order valence-electron chi connectivity index (χ4n) is 7.29. The Balaban J connectivity index is 1.32. The van der Waals surface area contributed by atoms with Gasteiger partial charge in [-0.1, -0.05) is 47.7 Å². The van der Waals surface area contributed by atoms with Crippen LogP contribution in [0.4, 0.5) is 4.79 Å². The zero-order chi connectivity index (χ0) is 28.8. The molecule has 1 unspecified atom stereocenters. The summed E-state index contributed by atoms with van der Waals surface area (Å²) in [5.41, 5.74) is 2.89. The minimum atomic E-state index is -1.16. The number of carbonyl (C=O) groups is 1. The minimum Gasteiger partial charge on any atom is -0.444 e. The number of ether oxygens (including phenoxy) is 2. The maximum absolute atomic E-state index is 13.2. The number of fused-ring (bicyclic) bond motifs is 3. The molecular weight excluding hydrogens is 582 g/mol. The van der Waals surface area contributed by atoms with Crippen molar-refractivity contribution in [3.63, 3.8) is 0 Å². The van der Waals surface area contributed by atoms with Crippen LogP contribution in [0.1, 0.15) is 77.7 Å². The average Bonchev–Trinajstić information content (AvgIpc) is 3.54. The van der Waals surface area contributed by atoms with Gasteiger partial charge in [-0.05, 0) is 101 Å². The number of nitrogens with one attached hydrogen (secondary N) is 1. The van der Waals surface area contributed by atoms with E-state index in [4.69, 9.17) is 9.47 Å². The molecular formula is C32H50BrN3O3Si. The van der Waals surface area contributed by atoms with E-state index in [1.54, 1.807) is 0 Å². The van der Waals surface area contributed by atoms with Crippen LogP contribution in [0, 0.1) is 5.41 Å². The quantitative estimate of drug-likeness (QED) is 0.234. The Labute approximate surface area is 251 Å². The molecule has 2 bridgehead atoms. The van der Waals surface area contributed by atoms with Crippen LogP contribution in [0.2, 0.25) is 25.7 Å². The first kappa shape index (κ1) is 30.0. The van der Waals surface area contributed by atoms with Crippen molar-refractivity contribution in [3.05, 3.63) is 46.2 Å². The van der Waals surface area contributed by atoms with E-state index < -0.39 is 13.7 Å². The largest absolute Gasteiger partial charge is 0.444 e. The lowest BCUT2D eigenvalue weighted by Gasteiger charge is -2.54. The van der Waals surface area contributed by atoms with Gasteiger partial charge < -0.3 is 24.6 Å². The van der Waals surface area contributed by atoms with Gasteiger partial charge in [0, 0.05) is 43.0 Å². The summed E-state index contributed by atoms with van der Waals surface area (Å²) >= 11 is 3.61. The molecule has 40 heavy (non-hydrogen) atoms. The lowest BCUT2D eigenvalue weighted by atomic mass is 9.51. The Morgan fingerprint density at radius 1 is 1.05 bits per heavy atom. The van der Waals surface area contributed by atoms with Crippen molar-refractivity contribution >= 4 is 30.1 Å². The van der Waals surface area contributed by atoms with Crippen molar-refractivity contribution < 1.29 is 14.3 Å². The number of nitrogens with zero attached hydrogens (tertiary/aromatic N) is 2. The highest BCUT2D eigenvalue weighted by molar-refractivity contribution is 9.10. The molecule has 6 rings (SSSR count). The number of hydrogen-bond acceptors (Lipinski definition) is 5. The highest BCUT2D eigenvalue weighted by Gasteiger charge is 2.53. The van der Waals surface area contributed by atoms with Gasteiger partial charge in [-0.25, -0.2) is 4.79 Å². The third-order valence-corrected chi connectivity index (χ3v) is 12.0. The van der Waals surface area contributed by atoms with E-state index in [0.717, 1.165) is 36.5 Å². The Morgan fingerprint density at radius 2 is 1.68 bits per heavy atom. The van der Waals surface area contributed by atoms with Crippen LogP contribution in [0.5, 0.6) is 0 Å². The number of benzene rings is 1. The maximum Gasteiger partial charge on any atom is 0.410 e. The SMILES string of the molecule is CC(C)(C)OC(=O)N1CCC[C@H]1C1NC(C23CCC(c4ccc(Br)cc4)(CC2)CC3)=CN1COCC[Si](C)(C)C. The van der Waals surface area contributed by atoms with Gasteiger partial charge in [-0.3, -0.25) is 0 Å². The van der Waals surface area contributed by atoms with E-state index in [2.05, 4.69) is 76.3 Å². The van der Waals surface area contributed by atoms with E-state index in [1.807, 2.05) is 25.7 Å². The number of rotatable bonds is 8. The molecule has 6 nitrogen and oxygen atoms in total. The fourth-order valence-corrected chi connectivity index (χ4v) is 8.31. The lowest BCUT2D eigenvalue weighted by molar-refractivity contribution is -0.00274. The van der Waals surface area contributed by atoms with Crippen LogP contribution in [0.25, 0.3) is 0 Å². The van der Waals surface area contributed by atoms with Crippen LogP contribution in [-0.2, 0) is 14.9 Å². The van der Waals surface area contributed by atoms with Gasteiger partial charge in [0.05, 0.1) is 6.04 Å². The van der Waals surface area contributed by atoms with Gasteiger partial charge in [-0.15, -0.1) is 0 Å². The van der Waals surface area contributed by atoms with Crippen LogP contribution in [-0.4, -0.2) is 61.7 Å². The van der Waals surface area contributed by atoms with E-state index in [9.17, 15) is 4.79 Å². The van der Waals surface area contributed by atoms with E-state index in [1.165, 1.54) is 49.8 Å². The van der Waals surface area contributed by atoms with E-state index >= 15 is 0 Å². The first-order chi connectivity index (χ1) is 18.8. The third-order valence-electron chi connectivity index (χ3n) is 9.76. The number of allylic oxidation sites excluding steroid dienone is 1. The molecule has 1 aromatic carbocycles. The Morgan fingerprint density at radius 3 is 2.27 bits per heavy atom. The van der Waals surface area contributed by atoms with Crippen LogP contribution in [0.15, 0.2) is 40.6 Å². The number of carbonyl (C=O) groups excluding carboxylic acids is 1. The highest BCUT2D eigenvalue weighted by Crippen LogP contribution is 2.60. The topological polar surface area (TPSA) is 54.0 Å². The Kier molecular flexibility index (Phi) is 8.46. The molecule has 1 saturated heterocycles. The summed E-state index contributed by atoms with van der Waals surface area (Å²) in [6, 6.07) is 10.3. The molecule has 0 spiro atoms. The van der Waals surface area contributed by atoms with Gasteiger partial charge >= 0.3 is 6.09 Å². The number of halogens is 1. The van der Waals surface area contributed by atoms with E-state index in [0.29, 0.717) is 12.1 Å². The molecule has 2 atom stereocenters. The summed E-state index contributed by atoms with van der Waals surface area (Å²) < 4.78 is 13.3. The van der Waals surface area contributed by atoms with Gasteiger partial charge in [-0.2, -0.15) is 0 Å². The molecule has 0 radical (unpaired) electrons. The van der Waals surface area contributed by atoms with Crippen LogP contribution < -0.4 is 5.32 Å². The highest BCUT2D eigenvalue weighted by atomic mass is 79.9. The third kappa shape index (κ3) is 6.44. The second kappa shape index (κ2) is 11.3. The van der Waals surface area contributed by atoms with Crippen LogP contribution >= 0.6 is 15.9 Å². The second-order valence-corrected chi connectivity index (χ2v) is 21.5. The van der Waals surface area contributed by atoms with Crippen molar-refractivity contribution in [2.24, 2.45) is 5.41 Å². The van der Waals surface area contributed by atoms with Gasteiger partial charge in [0.25, 0.3) is 0 Å². The second-order valence-electron chi connectivity index (χ2n) is 14.9. The number of hydrogen-bond donors (Lipinski definition) is 1. The molecule has 1 aromatic rings. The van der Waals surface area contributed by atoms with Crippen molar-refractivity contribution in [1.29, 1.82) is 0 Å². The van der Waals surface area contributed by atoms with Gasteiger partial charge in [0.1, 0.15) is 18.5 Å². The van der Waals surface area contributed by atoms with Gasteiger partial charge in [0.15, 0.2) is 0 Å².